The van der Waals surface area contributed by atoms with Gasteiger partial charge < -0.3 is 9.15 Å². The van der Waals surface area contributed by atoms with Crippen LogP contribution in [0.15, 0.2) is 52.9 Å². The fraction of sp³-hybridized carbons (Fsp3) is 0.0833. The molecule has 9 heteroatoms. The Labute approximate surface area is 198 Å². The van der Waals surface area contributed by atoms with Gasteiger partial charge in [-0.1, -0.05) is 35.3 Å². The number of rotatable bonds is 6. The zero-order valence-corrected chi connectivity index (χ0v) is 18.6. The first-order valence-corrected chi connectivity index (χ1v) is 10.4. The number of benzene rings is 3. The van der Waals surface area contributed by atoms with Crippen LogP contribution in [0.25, 0.3) is 11.5 Å². The van der Waals surface area contributed by atoms with Gasteiger partial charge in [0.15, 0.2) is 11.6 Å². The summed E-state index contributed by atoms with van der Waals surface area (Å²) in [5, 5.41) is 17.5. The first kappa shape index (κ1) is 22.5. The maximum absolute atomic E-state index is 15.2. The largest absolute Gasteiger partial charge is 0.453 e. The number of hydrogen-bond donors (Lipinski definition) is 0. The molecular formula is C24H14Cl2FN3O3. The van der Waals surface area contributed by atoms with Gasteiger partial charge in [0.1, 0.15) is 12.0 Å². The van der Waals surface area contributed by atoms with Crippen molar-refractivity contribution in [1.82, 2.24) is 10.2 Å². The number of halogens is 3. The molecule has 0 aliphatic heterocycles. The van der Waals surface area contributed by atoms with Crippen LogP contribution in [-0.2, 0) is 6.42 Å². The topological polar surface area (TPSA) is 89.0 Å². The molecule has 4 aromatic rings. The summed E-state index contributed by atoms with van der Waals surface area (Å²) in [5.41, 5.74) is 2.49. The molecule has 6 nitrogen and oxygen atoms in total. The Morgan fingerprint density at radius 2 is 1.97 bits per heavy atom. The maximum atomic E-state index is 15.2. The van der Waals surface area contributed by atoms with Crippen molar-refractivity contribution in [1.29, 1.82) is 5.26 Å². The lowest BCUT2D eigenvalue weighted by Gasteiger charge is -2.12. The Bertz CT molecular complexity index is 1410. The smallest absolute Gasteiger partial charge is 0.248 e. The summed E-state index contributed by atoms with van der Waals surface area (Å²) in [6.07, 6.45) is 0.750. The third-order valence-electron chi connectivity index (χ3n) is 4.77. The van der Waals surface area contributed by atoms with Crippen LogP contribution in [0.2, 0.25) is 10.0 Å². The average Bonchev–Trinajstić information content (AvgIpc) is 3.26. The molecule has 0 aliphatic rings. The predicted molar refractivity (Wildman–Crippen MR) is 120 cm³/mol. The summed E-state index contributed by atoms with van der Waals surface area (Å²) in [5.74, 6) is -0.293. The van der Waals surface area contributed by atoms with Crippen LogP contribution in [0, 0.1) is 24.1 Å². The van der Waals surface area contributed by atoms with Gasteiger partial charge in [-0.05, 0) is 48.9 Å². The number of carbonyl (C=O) groups excluding carboxylic acids is 1. The SMILES string of the molecule is Cc1cc(C=O)ccc1-c1nnc(Cc2ccc(Cl)c(Oc3cc(Cl)cc(C#N)c3)c2F)o1. The Morgan fingerprint density at radius 3 is 2.70 bits per heavy atom. The van der Waals surface area contributed by atoms with Crippen molar-refractivity contribution in [3.05, 3.63) is 92.5 Å². The third kappa shape index (κ3) is 4.87. The second-order valence-corrected chi connectivity index (χ2v) is 7.95. The Kier molecular flexibility index (Phi) is 6.40. The summed E-state index contributed by atoms with van der Waals surface area (Å²) < 4.78 is 26.6. The lowest BCUT2D eigenvalue weighted by atomic mass is 10.1. The number of aromatic nitrogens is 2. The Balaban J connectivity index is 1.61. The predicted octanol–water partition coefficient (Wildman–Crippen LogP) is 6.56. The van der Waals surface area contributed by atoms with Gasteiger partial charge in [-0.15, -0.1) is 10.2 Å². The summed E-state index contributed by atoms with van der Waals surface area (Å²) in [6, 6.07) is 14.4. The van der Waals surface area contributed by atoms with Crippen molar-refractivity contribution in [3.63, 3.8) is 0 Å². The van der Waals surface area contributed by atoms with Crippen molar-refractivity contribution < 1.29 is 18.3 Å². The zero-order chi connectivity index (χ0) is 23.5. The quantitative estimate of drug-likeness (QED) is 0.289. The van der Waals surface area contributed by atoms with E-state index in [0.717, 1.165) is 11.8 Å². The fourth-order valence-corrected chi connectivity index (χ4v) is 3.61. The van der Waals surface area contributed by atoms with Crippen molar-refractivity contribution >= 4 is 29.5 Å². The van der Waals surface area contributed by atoms with E-state index in [4.69, 9.17) is 37.6 Å². The van der Waals surface area contributed by atoms with Crippen LogP contribution in [0.5, 0.6) is 11.5 Å². The van der Waals surface area contributed by atoms with E-state index in [-0.39, 0.29) is 50.9 Å². The molecule has 33 heavy (non-hydrogen) atoms. The second-order valence-electron chi connectivity index (χ2n) is 7.11. The molecule has 0 amide bonds. The van der Waals surface area contributed by atoms with Crippen LogP contribution >= 0.6 is 23.2 Å². The molecule has 164 valence electrons. The van der Waals surface area contributed by atoms with E-state index in [2.05, 4.69) is 10.2 Å². The summed E-state index contributed by atoms with van der Waals surface area (Å²) in [6.45, 7) is 1.82. The van der Waals surface area contributed by atoms with Crippen LogP contribution < -0.4 is 4.74 Å². The minimum atomic E-state index is -0.702. The molecule has 1 aromatic heterocycles. The molecular weight excluding hydrogens is 468 g/mol. The molecule has 0 aliphatic carbocycles. The summed E-state index contributed by atoms with van der Waals surface area (Å²) >= 11 is 12.1. The molecule has 0 N–H and O–H groups in total. The molecule has 3 aromatic carbocycles. The number of nitrogens with zero attached hydrogens (tertiary/aromatic N) is 3. The summed E-state index contributed by atoms with van der Waals surface area (Å²) in [4.78, 5) is 10.9. The molecule has 0 saturated heterocycles. The average molecular weight is 482 g/mol. The summed E-state index contributed by atoms with van der Waals surface area (Å²) in [7, 11) is 0. The van der Waals surface area contributed by atoms with Crippen LogP contribution in [-0.4, -0.2) is 16.5 Å². The Hall–Kier alpha value is -3.73. The number of nitriles is 1. The van der Waals surface area contributed by atoms with E-state index >= 15 is 4.39 Å². The lowest BCUT2D eigenvalue weighted by molar-refractivity contribution is 0.112. The van der Waals surface area contributed by atoms with Gasteiger partial charge in [-0.25, -0.2) is 4.39 Å². The molecule has 0 spiro atoms. The number of hydrogen-bond acceptors (Lipinski definition) is 6. The van der Waals surface area contributed by atoms with Crippen LogP contribution in [0.1, 0.15) is 32.9 Å². The van der Waals surface area contributed by atoms with Crippen molar-refractivity contribution in [2.45, 2.75) is 13.3 Å². The van der Waals surface area contributed by atoms with E-state index in [1.807, 2.05) is 13.0 Å². The lowest BCUT2D eigenvalue weighted by Crippen LogP contribution is -1.98. The van der Waals surface area contributed by atoms with Gasteiger partial charge in [-0.2, -0.15) is 5.26 Å². The number of carbonyl (C=O) groups is 1. The molecule has 0 atom stereocenters. The number of aldehydes is 1. The van der Waals surface area contributed by atoms with Crippen LogP contribution in [0.4, 0.5) is 4.39 Å². The van der Waals surface area contributed by atoms with E-state index in [0.29, 0.717) is 11.1 Å². The van der Waals surface area contributed by atoms with E-state index in [9.17, 15) is 4.79 Å². The van der Waals surface area contributed by atoms with E-state index in [1.54, 1.807) is 18.2 Å². The molecule has 0 fully saturated rings. The van der Waals surface area contributed by atoms with Crippen molar-refractivity contribution in [2.24, 2.45) is 0 Å². The van der Waals surface area contributed by atoms with E-state index < -0.39 is 5.82 Å². The maximum Gasteiger partial charge on any atom is 0.248 e. The highest BCUT2D eigenvalue weighted by molar-refractivity contribution is 6.32. The second kappa shape index (κ2) is 9.41. The first-order chi connectivity index (χ1) is 15.9. The standard InChI is InChI=1S/C24H14Cl2FN3O3/c1-13-6-14(12-31)2-4-19(13)24-30-29-21(33-24)9-16-3-5-20(26)23(22(16)27)32-18-8-15(11-28)7-17(25)10-18/h2-8,10,12H,9H2,1H3. The molecule has 0 bridgehead atoms. The zero-order valence-electron chi connectivity index (χ0n) is 17.1. The molecule has 0 saturated carbocycles. The molecule has 0 radical (unpaired) electrons. The normalized spacial score (nSPS) is 10.6. The monoisotopic (exact) mass is 481 g/mol. The van der Waals surface area contributed by atoms with Gasteiger partial charge in [0.25, 0.3) is 0 Å². The van der Waals surface area contributed by atoms with Gasteiger partial charge >= 0.3 is 0 Å². The molecule has 0 unspecified atom stereocenters. The third-order valence-corrected chi connectivity index (χ3v) is 5.29. The molecule has 1 heterocycles. The van der Waals surface area contributed by atoms with Gasteiger partial charge in [-0.3, -0.25) is 4.79 Å². The number of aryl methyl sites for hydroxylation is 1. The van der Waals surface area contributed by atoms with E-state index in [1.165, 1.54) is 30.3 Å². The van der Waals surface area contributed by atoms with Gasteiger partial charge in [0, 0.05) is 21.7 Å². The van der Waals surface area contributed by atoms with Crippen molar-refractivity contribution in [2.75, 3.05) is 0 Å². The molecule has 4 rings (SSSR count). The minimum absolute atomic E-state index is 0.00315. The fourth-order valence-electron chi connectivity index (χ4n) is 3.20. The highest BCUT2D eigenvalue weighted by Gasteiger charge is 2.19. The highest BCUT2D eigenvalue weighted by Crippen LogP contribution is 2.36. The van der Waals surface area contributed by atoms with Gasteiger partial charge in [0.05, 0.1) is 23.1 Å². The Morgan fingerprint density at radius 1 is 1.15 bits per heavy atom. The first-order valence-electron chi connectivity index (χ1n) is 9.62. The minimum Gasteiger partial charge on any atom is -0.453 e. The highest BCUT2D eigenvalue weighted by atomic mass is 35.5. The number of ether oxygens (including phenoxy) is 1. The van der Waals surface area contributed by atoms with Crippen LogP contribution in [0.3, 0.4) is 0 Å². The van der Waals surface area contributed by atoms with Gasteiger partial charge in [0.2, 0.25) is 11.8 Å². The van der Waals surface area contributed by atoms with Crippen molar-refractivity contribution in [3.8, 4) is 29.0 Å².